The first-order chi connectivity index (χ1) is 9.81. The van der Waals surface area contributed by atoms with E-state index in [0.29, 0.717) is 5.56 Å². The van der Waals surface area contributed by atoms with Crippen LogP contribution in [0.2, 0.25) is 0 Å². The molecule has 114 valence electrons. The Kier molecular flexibility index (Phi) is 4.82. The molecule has 1 aromatic carbocycles. The van der Waals surface area contributed by atoms with Crippen molar-refractivity contribution in [3.05, 3.63) is 53.4 Å². The Morgan fingerprint density at radius 3 is 2.24 bits per heavy atom. The molecule has 1 aromatic heterocycles. The summed E-state index contributed by atoms with van der Waals surface area (Å²) >= 11 is 1.12. The smallest absolute Gasteiger partial charge is 0.208 e. The zero-order chi connectivity index (χ0) is 15.5. The molecule has 0 fully saturated rings. The van der Waals surface area contributed by atoms with Crippen LogP contribution < -0.4 is 4.72 Å². The highest BCUT2D eigenvalue weighted by molar-refractivity contribution is 7.93. The highest BCUT2D eigenvalue weighted by Crippen LogP contribution is 2.31. The van der Waals surface area contributed by atoms with Crippen LogP contribution in [0.25, 0.3) is 0 Å². The van der Waals surface area contributed by atoms with Crippen molar-refractivity contribution in [2.75, 3.05) is 12.8 Å². The number of hydrogen-bond acceptors (Lipinski definition) is 5. The molecule has 0 spiro atoms. The van der Waals surface area contributed by atoms with E-state index in [0.717, 1.165) is 17.6 Å². The fourth-order valence-electron chi connectivity index (χ4n) is 1.87. The van der Waals surface area contributed by atoms with Gasteiger partial charge in [-0.25, -0.2) is 21.6 Å². The summed E-state index contributed by atoms with van der Waals surface area (Å²) in [5.74, 6) is 0. The number of sulfonamides is 1. The molecule has 1 heterocycles. The number of hydrogen-bond donors (Lipinski definition) is 1. The molecule has 0 bridgehead atoms. The van der Waals surface area contributed by atoms with Gasteiger partial charge in [0.2, 0.25) is 10.0 Å². The maximum Gasteiger partial charge on any atom is 0.208 e. The summed E-state index contributed by atoms with van der Waals surface area (Å²) in [5.41, 5.74) is 0.557. The van der Waals surface area contributed by atoms with Gasteiger partial charge in [0.25, 0.3) is 0 Å². The molecule has 2 aromatic rings. The van der Waals surface area contributed by atoms with Crippen LogP contribution in [0.15, 0.2) is 52.1 Å². The molecule has 0 unspecified atom stereocenters. The first kappa shape index (κ1) is 16.2. The minimum Gasteiger partial charge on any atom is -0.222 e. The van der Waals surface area contributed by atoms with Gasteiger partial charge in [0, 0.05) is 6.54 Å². The van der Waals surface area contributed by atoms with E-state index in [1.807, 2.05) is 0 Å². The van der Waals surface area contributed by atoms with Gasteiger partial charge in [-0.3, -0.25) is 0 Å². The SMILES string of the molecule is CS(=O)(=O)NC[C@@H](c1ccccc1)S(=O)(=O)c1cccs1. The second-order valence-electron chi connectivity index (χ2n) is 4.50. The molecule has 1 atom stereocenters. The maximum atomic E-state index is 12.7. The van der Waals surface area contributed by atoms with E-state index < -0.39 is 25.1 Å². The Balaban J connectivity index is 2.42. The average Bonchev–Trinajstić information content (AvgIpc) is 2.93. The number of sulfone groups is 1. The van der Waals surface area contributed by atoms with Gasteiger partial charge in [-0.15, -0.1) is 11.3 Å². The summed E-state index contributed by atoms with van der Waals surface area (Å²) in [7, 11) is -7.11. The van der Waals surface area contributed by atoms with E-state index in [4.69, 9.17) is 0 Å². The van der Waals surface area contributed by atoms with Crippen molar-refractivity contribution in [2.45, 2.75) is 9.46 Å². The van der Waals surface area contributed by atoms with Crippen LogP contribution >= 0.6 is 11.3 Å². The van der Waals surface area contributed by atoms with Gasteiger partial charge in [-0.1, -0.05) is 36.4 Å². The third kappa shape index (κ3) is 4.13. The van der Waals surface area contributed by atoms with Gasteiger partial charge in [0.05, 0.1) is 6.26 Å². The molecule has 1 N–H and O–H groups in total. The number of nitrogens with one attached hydrogen (secondary N) is 1. The molecule has 0 aliphatic carbocycles. The highest BCUT2D eigenvalue weighted by atomic mass is 32.2. The van der Waals surface area contributed by atoms with E-state index in [9.17, 15) is 16.8 Å². The second-order valence-corrected chi connectivity index (χ2v) is 9.64. The third-order valence-electron chi connectivity index (χ3n) is 2.85. The summed E-state index contributed by atoms with van der Waals surface area (Å²) < 4.78 is 50.4. The van der Waals surface area contributed by atoms with Crippen LogP contribution in [0, 0.1) is 0 Å². The molecule has 0 amide bonds. The molecule has 8 heteroatoms. The monoisotopic (exact) mass is 345 g/mol. The lowest BCUT2D eigenvalue weighted by Crippen LogP contribution is -2.30. The largest absolute Gasteiger partial charge is 0.222 e. The van der Waals surface area contributed by atoms with Crippen molar-refractivity contribution in [3.63, 3.8) is 0 Å². The molecular formula is C13H15NO4S3. The fraction of sp³-hybridized carbons (Fsp3) is 0.231. The van der Waals surface area contributed by atoms with Crippen LogP contribution in [-0.4, -0.2) is 29.6 Å². The summed E-state index contributed by atoms with van der Waals surface area (Å²) in [6.07, 6.45) is 1.01. The van der Waals surface area contributed by atoms with Gasteiger partial charge < -0.3 is 0 Å². The Morgan fingerprint density at radius 2 is 1.71 bits per heavy atom. The zero-order valence-corrected chi connectivity index (χ0v) is 13.7. The van der Waals surface area contributed by atoms with E-state index in [1.165, 1.54) is 6.07 Å². The molecule has 0 radical (unpaired) electrons. The van der Waals surface area contributed by atoms with Crippen molar-refractivity contribution in [2.24, 2.45) is 0 Å². The van der Waals surface area contributed by atoms with Crippen LogP contribution in [0.4, 0.5) is 0 Å². The average molecular weight is 345 g/mol. The second kappa shape index (κ2) is 6.27. The third-order valence-corrected chi connectivity index (χ3v) is 7.08. The molecular weight excluding hydrogens is 330 g/mol. The van der Waals surface area contributed by atoms with Gasteiger partial charge in [0.15, 0.2) is 9.84 Å². The Hall–Kier alpha value is -1.22. The standard InChI is InChI=1S/C13H15NO4S3/c1-20(15,16)14-10-12(11-6-3-2-4-7-11)21(17,18)13-8-5-9-19-13/h2-9,12,14H,10H2,1H3/t12-/m0/s1. The van der Waals surface area contributed by atoms with Crippen LogP contribution in [0.1, 0.15) is 10.8 Å². The van der Waals surface area contributed by atoms with E-state index in [2.05, 4.69) is 4.72 Å². The van der Waals surface area contributed by atoms with Crippen molar-refractivity contribution in [3.8, 4) is 0 Å². The first-order valence-corrected chi connectivity index (χ1v) is 10.4. The Bertz CT molecular complexity index is 781. The predicted molar refractivity (Wildman–Crippen MR) is 83.5 cm³/mol. The van der Waals surface area contributed by atoms with Crippen molar-refractivity contribution in [1.29, 1.82) is 0 Å². The molecule has 0 saturated heterocycles. The van der Waals surface area contributed by atoms with E-state index >= 15 is 0 Å². The van der Waals surface area contributed by atoms with Crippen molar-refractivity contribution in [1.82, 2.24) is 4.72 Å². The molecule has 5 nitrogen and oxygen atoms in total. The van der Waals surface area contributed by atoms with Crippen molar-refractivity contribution >= 4 is 31.2 Å². The van der Waals surface area contributed by atoms with E-state index in [1.54, 1.807) is 41.8 Å². The topological polar surface area (TPSA) is 80.3 Å². The van der Waals surface area contributed by atoms with Crippen LogP contribution in [0.5, 0.6) is 0 Å². The summed E-state index contributed by atoms with van der Waals surface area (Å²) in [4.78, 5) is 0. The quantitative estimate of drug-likeness (QED) is 0.866. The van der Waals surface area contributed by atoms with Crippen LogP contribution in [0.3, 0.4) is 0 Å². The molecule has 0 aliphatic rings. The molecule has 2 rings (SSSR count). The maximum absolute atomic E-state index is 12.7. The summed E-state index contributed by atoms with van der Waals surface area (Å²) in [5, 5.41) is 0.728. The van der Waals surface area contributed by atoms with Gasteiger partial charge in [-0.2, -0.15) is 0 Å². The zero-order valence-electron chi connectivity index (χ0n) is 11.3. The fourth-order valence-corrected chi connectivity index (χ4v) is 5.31. The lowest BCUT2D eigenvalue weighted by atomic mass is 10.1. The lowest BCUT2D eigenvalue weighted by molar-refractivity contribution is 0.573. The highest BCUT2D eigenvalue weighted by Gasteiger charge is 2.30. The van der Waals surface area contributed by atoms with Gasteiger partial charge in [-0.05, 0) is 17.0 Å². The lowest BCUT2D eigenvalue weighted by Gasteiger charge is -2.17. The Morgan fingerprint density at radius 1 is 1.05 bits per heavy atom. The first-order valence-electron chi connectivity index (χ1n) is 6.08. The van der Waals surface area contributed by atoms with Gasteiger partial charge in [0.1, 0.15) is 9.46 Å². The molecule has 0 saturated carbocycles. The predicted octanol–water partition coefficient (Wildman–Crippen LogP) is 1.81. The molecule has 21 heavy (non-hydrogen) atoms. The summed E-state index contributed by atoms with van der Waals surface area (Å²) in [6.45, 7) is -0.191. The van der Waals surface area contributed by atoms with E-state index in [-0.39, 0.29) is 10.8 Å². The number of rotatable bonds is 6. The Labute approximate surface area is 128 Å². The minimum absolute atomic E-state index is 0.191. The minimum atomic E-state index is -3.64. The normalized spacial score (nSPS) is 14.0. The van der Waals surface area contributed by atoms with Crippen molar-refractivity contribution < 1.29 is 16.8 Å². The molecule has 0 aliphatic heterocycles. The summed E-state index contributed by atoms with van der Waals surface area (Å²) in [6, 6.07) is 11.8. The number of thiophene rings is 1. The number of benzene rings is 1. The van der Waals surface area contributed by atoms with Crippen LogP contribution in [-0.2, 0) is 19.9 Å². The van der Waals surface area contributed by atoms with Gasteiger partial charge >= 0.3 is 0 Å².